The van der Waals surface area contributed by atoms with Crippen LogP contribution in [0.1, 0.15) is 12.0 Å². The number of anilines is 2. The van der Waals surface area contributed by atoms with Crippen LogP contribution < -0.4 is 24.4 Å². The molecule has 174 valence electrons. The van der Waals surface area contributed by atoms with E-state index < -0.39 is 15.9 Å². The van der Waals surface area contributed by atoms with E-state index in [1.165, 1.54) is 6.08 Å². The molecule has 1 fully saturated rings. The monoisotopic (exact) mass is 471 g/mol. The average Bonchev–Trinajstić information content (AvgIpc) is 3.20. The van der Waals surface area contributed by atoms with E-state index in [1.807, 2.05) is 0 Å². The van der Waals surface area contributed by atoms with E-state index >= 15 is 0 Å². The molecule has 2 aliphatic heterocycles. The van der Waals surface area contributed by atoms with Gasteiger partial charge in [-0.1, -0.05) is 18.2 Å². The highest BCUT2D eigenvalue weighted by atomic mass is 32.2. The minimum atomic E-state index is -3.46. The number of nitrogens with zero attached hydrogens (tertiary/aromatic N) is 1. The van der Waals surface area contributed by atoms with E-state index in [2.05, 4.69) is 16.6 Å². The molecule has 2 N–H and O–H groups in total. The Morgan fingerprint density at radius 1 is 1.12 bits per heavy atom. The average molecular weight is 472 g/mol. The summed E-state index contributed by atoms with van der Waals surface area (Å²) in [4.78, 5) is 26.9. The van der Waals surface area contributed by atoms with Gasteiger partial charge in [-0.2, -0.15) is 0 Å². The molecule has 0 spiro atoms. The normalized spacial score (nSPS) is 17.6. The van der Waals surface area contributed by atoms with E-state index in [1.54, 1.807) is 47.4 Å². The molecule has 0 aliphatic carbocycles. The number of carbonyl (C=O) groups excluding carboxylic acids is 2. The van der Waals surface area contributed by atoms with Crippen LogP contribution in [-0.2, 0) is 25.4 Å². The largest absolute Gasteiger partial charge is 0.486 e. The first-order valence-electron chi connectivity index (χ1n) is 10.5. The number of nitrogens with one attached hydrogen (secondary N) is 2. The van der Waals surface area contributed by atoms with E-state index in [-0.39, 0.29) is 37.1 Å². The lowest BCUT2D eigenvalue weighted by molar-refractivity contribution is -0.122. The summed E-state index contributed by atoms with van der Waals surface area (Å²) in [5.74, 6) is 0.140. The zero-order valence-corrected chi connectivity index (χ0v) is 18.8. The van der Waals surface area contributed by atoms with Crippen LogP contribution in [0.15, 0.2) is 55.1 Å². The molecule has 2 amide bonds. The smallest absolute Gasteiger partial charge is 0.229 e. The maximum Gasteiger partial charge on any atom is 0.229 e. The van der Waals surface area contributed by atoms with Gasteiger partial charge in [0.2, 0.25) is 21.8 Å². The lowest BCUT2D eigenvalue weighted by Gasteiger charge is -2.22. The Balaban J connectivity index is 1.36. The number of amides is 2. The molecule has 2 aromatic carbocycles. The quantitative estimate of drug-likeness (QED) is 0.570. The van der Waals surface area contributed by atoms with Crippen molar-refractivity contribution in [3.8, 4) is 11.5 Å². The summed E-state index contributed by atoms with van der Waals surface area (Å²) in [7, 11) is -3.46. The van der Waals surface area contributed by atoms with E-state index in [9.17, 15) is 18.0 Å². The number of benzene rings is 2. The fourth-order valence-electron chi connectivity index (χ4n) is 3.72. The van der Waals surface area contributed by atoms with Gasteiger partial charge in [0.1, 0.15) is 13.2 Å². The number of hydrogen-bond donors (Lipinski definition) is 2. The first-order chi connectivity index (χ1) is 15.8. The summed E-state index contributed by atoms with van der Waals surface area (Å²) in [5, 5.41) is 2.81. The number of carbonyl (C=O) groups is 2. The van der Waals surface area contributed by atoms with Crippen LogP contribution in [0.3, 0.4) is 0 Å². The van der Waals surface area contributed by atoms with Gasteiger partial charge in [-0.15, -0.1) is 6.58 Å². The summed E-state index contributed by atoms with van der Waals surface area (Å²) >= 11 is 0. The van der Waals surface area contributed by atoms with Gasteiger partial charge in [-0.05, 0) is 29.8 Å². The molecule has 2 aromatic rings. The van der Waals surface area contributed by atoms with Crippen LogP contribution >= 0.6 is 0 Å². The van der Waals surface area contributed by atoms with Crippen molar-refractivity contribution in [2.75, 3.05) is 36.5 Å². The standard InChI is InChI=1S/C23H25N3O6S/c1-2-9-24-33(29,30)15-16-3-5-18(6-4-16)25-23(28)17-12-22(27)26(14-17)19-7-8-20-21(13-19)32-11-10-31-20/h2-8,13,17,24H,1,9-12,14-15H2,(H,25,28). The number of fused-ring (bicyclic) bond motifs is 1. The first kappa shape index (κ1) is 22.8. The van der Waals surface area contributed by atoms with Crippen molar-refractivity contribution in [2.45, 2.75) is 12.2 Å². The SMILES string of the molecule is C=CCNS(=O)(=O)Cc1ccc(NC(=O)C2CC(=O)N(c3ccc4c(c3)OCCO4)C2)cc1. The number of ether oxygens (including phenoxy) is 2. The van der Waals surface area contributed by atoms with E-state index in [0.29, 0.717) is 41.7 Å². The van der Waals surface area contributed by atoms with Crippen LogP contribution in [0.5, 0.6) is 11.5 Å². The van der Waals surface area contributed by atoms with Gasteiger partial charge in [-0.25, -0.2) is 13.1 Å². The van der Waals surface area contributed by atoms with Crippen molar-refractivity contribution in [3.63, 3.8) is 0 Å². The molecule has 9 nitrogen and oxygen atoms in total. The summed E-state index contributed by atoms with van der Waals surface area (Å²) in [6.45, 7) is 4.85. The maximum absolute atomic E-state index is 12.8. The van der Waals surface area contributed by atoms with Crippen LogP contribution in [-0.4, -0.2) is 46.5 Å². The molecule has 4 rings (SSSR count). The zero-order chi connectivity index (χ0) is 23.4. The second kappa shape index (κ2) is 9.63. The minimum absolute atomic E-state index is 0.103. The highest BCUT2D eigenvalue weighted by Crippen LogP contribution is 2.36. The Morgan fingerprint density at radius 2 is 1.85 bits per heavy atom. The summed E-state index contributed by atoms with van der Waals surface area (Å²) in [5.41, 5.74) is 1.78. The Labute approximate surface area is 192 Å². The van der Waals surface area contributed by atoms with Gasteiger partial charge >= 0.3 is 0 Å². The van der Waals surface area contributed by atoms with E-state index in [4.69, 9.17) is 9.47 Å². The van der Waals surface area contributed by atoms with Gasteiger partial charge in [0.05, 0.1) is 11.7 Å². The number of hydrogen-bond acceptors (Lipinski definition) is 6. The van der Waals surface area contributed by atoms with Gasteiger partial charge in [0.15, 0.2) is 11.5 Å². The van der Waals surface area contributed by atoms with Gasteiger partial charge in [-0.3, -0.25) is 9.59 Å². The lowest BCUT2D eigenvalue weighted by atomic mass is 10.1. The second-order valence-corrected chi connectivity index (χ2v) is 9.62. The molecule has 2 heterocycles. The van der Waals surface area contributed by atoms with Crippen molar-refractivity contribution >= 4 is 33.2 Å². The first-order valence-corrected chi connectivity index (χ1v) is 12.2. The molecule has 33 heavy (non-hydrogen) atoms. The van der Waals surface area contributed by atoms with Crippen molar-refractivity contribution in [1.82, 2.24) is 4.72 Å². The molecular formula is C23H25N3O6S. The zero-order valence-electron chi connectivity index (χ0n) is 18.0. The van der Waals surface area contributed by atoms with Crippen LogP contribution in [0, 0.1) is 5.92 Å². The lowest BCUT2D eigenvalue weighted by Crippen LogP contribution is -2.28. The van der Waals surface area contributed by atoms with Crippen LogP contribution in [0.2, 0.25) is 0 Å². The summed E-state index contributed by atoms with van der Waals surface area (Å²) < 4.78 is 37.5. The van der Waals surface area contributed by atoms with Gasteiger partial charge < -0.3 is 19.7 Å². The predicted octanol–water partition coefficient (Wildman–Crippen LogP) is 2.05. The fourth-order valence-corrected chi connectivity index (χ4v) is 4.82. The fraction of sp³-hybridized carbons (Fsp3) is 0.304. The maximum atomic E-state index is 12.8. The van der Waals surface area contributed by atoms with Crippen molar-refractivity contribution in [1.29, 1.82) is 0 Å². The number of rotatable bonds is 8. The Kier molecular flexibility index (Phi) is 6.66. The third-order valence-electron chi connectivity index (χ3n) is 5.36. The van der Waals surface area contributed by atoms with E-state index in [0.717, 1.165) is 0 Å². The summed E-state index contributed by atoms with van der Waals surface area (Å²) in [6.07, 6.45) is 1.57. The van der Waals surface area contributed by atoms with Crippen molar-refractivity contribution < 1.29 is 27.5 Å². The molecule has 0 radical (unpaired) electrons. The van der Waals surface area contributed by atoms with Gasteiger partial charge in [0, 0.05) is 37.0 Å². The minimum Gasteiger partial charge on any atom is -0.486 e. The molecule has 1 unspecified atom stereocenters. The molecule has 2 aliphatic rings. The van der Waals surface area contributed by atoms with Crippen LogP contribution in [0.25, 0.3) is 0 Å². The predicted molar refractivity (Wildman–Crippen MR) is 124 cm³/mol. The third kappa shape index (κ3) is 5.52. The molecule has 10 heteroatoms. The molecule has 1 atom stereocenters. The third-order valence-corrected chi connectivity index (χ3v) is 6.68. The van der Waals surface area contributed by atoms with Crippen LogP contribution in [0.4, 0.5) is 11.4 Å². The Bertz CT molecular complexity index is 1160. The van der Waals surface area contributed by atoms with Gasteiger partial charge in [0.25, 0.3) is 0 Å². The highest BCUT2D eigenvalue weighted by Gasteiger charge is 2.35. The second-order valence-electron chi connectivity index (χ2n) is 7.82. The summed E-state index contributed by atoms with van der Waals surface area (Å²) in [6, 6.07) is 11.9. The van der Waals surface area contributed by atoms with Crippen molar-refractivity contribution in [3.05, 3.63) is 60.7 Å². The molecule has 0 bridgehead atoms. The highest BCUT2D eigenvalue weighted by molar-refractivity contribution is 7.88. The number of sulfonamides is 1. The van der Waals surface area contributed by atoms with Crippen molar-refractivity contribution in [2.24, 2.45) is 5.92 Å². The molecule has 0 aromatic heterocycles. The Hall–Kier alpha value is -3.37. The molecule has 0 saturated carbocycles. The topological polar surface area (TPSA) is 114 Å². The Morgan fingerprint density at radius 3 is 2.58 bits per heavy atom. The molecular weight excluding hydrogens is 446 g/mol. The molecule has 1 saturated heterocycles.